The fourth-order valence-electron chi connectivity index (χ4n) is 11.0. The highest BCUT2D eigenvalue weighted by Gasteiger charge is 2.13. The number of terminal acetylenes is 1. The molecule has 0 saturated heterocycles. The molecule has 6 aromatic heterocycles. The topological polar surface area (TPSA) is 371 Å². The molecule has 0 bridgehead atoms. The molecular formula is C84H66Br5Cl3N22O2. The first-order valence-electron chi connectivity index (χ1n) is 34.3. The number of benzene rings is 9. The van der Waals surface area contributed by atoms with Gasteiger partial charge in [-0.2, -0.15) is 36.3 Å². The summed E-state index contributed by atoms with van der Waals surface area (Å²) >= 11 is 33.3. The number of nitriles is 4. The van der Waals surface area contributed by atoms with Crippen molar-refractivity contribution in [2.45, 2.75) is 37.4 Å². The second-order valence-corrected chi connectivity index (χ2v) is 30.5. The normalized spacial score (nSPS) is 10.2. The summed E-state index contributed by atoms with van der Waals surface area (Å²) in [6.45, 7) is 0. The van der Waals surface area contributed by atoms with Gasteiger partial charge in [0.25, 0.3) is 5.69 Å². The van der Waals surface area contributed by atoms with Gasteiger partial charge in [0.15, 0.2) is 0 Å². The summed E-state index contributed by atoms with van der Waals surface area (Å²) in [5.41, 5.74) is 35.4. The van der Waals surface area contributed by atoms with Crippen LogP contribution in [0.15, 0.2) is 242 Å². The maximum Gasteiger partial charge on any atom is 0.270 e. The monoisotopic (exact) mass is 1910 g/mol. The van der Waals surface area contributed by atoms with Gasteiger partial charge in [-0.3, -0.25) is 24.2 Å². The van der Waals surface area contributed by atoms with Crippen molar-refractivity contribution in [3.8, 4) is 70.0 Å². The molecule has 580 valence electrons. The molecule has 0 spiro atoms. The van der Waals surface area contributed by atoms with Gasteiger partial charge in [-0.1, -0.05) is 85.6 Å². The number of halogens is 8. The number of nitrogens with two attached hydrogens (primary N) is 3. The predicted octanol–water partition coefficient (Wildman–Crippen LogP) is 21.2. The number of aryl methyl sites for hydroxylation is 3. The van der Waals surface area contributed by atoms with Gasteiger partial charge in [-0.15, -0.1) is 29.6 Å². The number of non-ortho nitro benzene ring substituents is 1. The highest BCUT2D eigenvalue weighted by atomic mass is 79.9. The minimum absolute atomic E-state index is 0.0556. The molecule has 32 heteroatoms. The fraction of sp³-hybridized carbons (Fsp3) is 0.107. The lowest BCUT2D eigenvalue weighted by molar-refractivity contribution is -0.385. The van der Waals surface area contributed by atoms with Crippen LogP contribution in [0.4, 0.5) is 46.0 Å². The summed E-state index contributed by atoms with van der Waals surface area (Å²) in [6.07, 6.45) is 23.3. The first-order chi connectivity index (χ1) is 55.8. The number of hydrogen-bond acceptors (Lipinski definition) is 20. The Bertz CT molecular complexity index is 6160. The number of anilines is 7. The molecule has 24 nitrogen and oxygen atoms in total. The number of nitrogens with zero attached hydrogens (tertiary/aromatic N) is 17. The van der Waals surface area contributed by atoms with E-state index >= 15 is 0 Å². The number of nitrogens with one attached hydrogen (secondary N) is 2. The lowest BCUT2D eigenvalue weighted by Crippen LogP contribution is -1.98. The van der Waals surface area contributed by atoms with Crippen molar-refractivity contribution >= 4 is 193 Å². The number of alkyl halides is 2. The highest BCUT2D eigenvalue weighted by molar-refractivity contribution is 9.11. The number of rotatable bonds is 14. The molecule has 0 fully saturated rings. The summed E-state index contributed by atoms with van der Waals surface area (Å²) in [5, 5.41) is 67.8. The zero-order valence-corrected chi connectivity index (χ0v) is 72.0. The minimum Gasteiger partial charge on any atom is -0.399 e. The summed E-state index contributed by atoms with van der Waals surface area (Å²) in [6, 6.07) is 59.2. The van der Waals surface area contributed by atoms with Crippen LogP contribution in [-0.4, -0.2) is 64.2 Å². The lowest BCUT2D eigenvalue weighted by Gasteiger charge is -2.10. The van der Waals surface area contributed by atoms with Crippen LogP contribution >= 0.6 is 114 Å². The SMILES string of the molecule is C#Cc1ccc2nc(Nc3cc(CC#N)cc(-c4cnn(C)c4)c3)ncc2c1.Clc1ncc2cc(Br)ccc2n1.Cn1cc(-c2cc(CC#N)cc(Nc3ncc4cc(Br)ccc4n3)c2)cn1.Cn1cc(-c2cc(N)cc(CC#N)c2)cn1.N#CCc1cc(N)cc(Br)c1.Nc1cc(Br)cc(CCl)c1.O=[N+]([O-])c1cc(Br)cc(CCl)c1. The van der Waals surface area contributed by atoms with Gasteiger partial charge in [0.05, 0.1) is 90.0 Å². The Morgan fingerprint density at radius 3 is 1.22 bits per heavy atom. The molecule has 6 heterocycles. The van der Waals surface area contributed by atoms with Crippen LogP contribution in [0.1, 0.15) is 38.9 Å². The molecule has 0 radical (unpaired) electrons. The van der Waals surface area contributed by atoms with Crippen LogP contribution in [0.25, 0.3) is 66.1 Å². The van der Waals surface area contributed by atoms with Crippen LogP contribution in [0, 0.1) is 67.8 Å². The number of aromatic nitrogens is 12. The van der Waals surface area contributed by atoms with Crippen LogP contribution in [0.3, 0.4) is 0 Å². The Morgan fingerprint density at radius 2 is 0.802 bits per heavy atom. The maximum absolute atomic E-state index is 10.4. The Kier molecular flexibility index (Phi) is 32.8. The van der Waals surface area contributed by atoms with E-state index in [4.69, 9.17) is 79.5 Å². The standard InChI is InChI=1S/C22H16N6.C20H15BrN6.C12H12N4.C8H4BrClN2.C8H7BrN2.C7H5BrClNO2.C7H7BrClN/c1-3-15-4-5-21-18(8-15)12-24-22(27-21)26-20-10-16(6-7-23)9-17(11-20)19-13-25-28(2)14-19;1-27-12-16(11-24-27)14-6-13(4-5-22)7-18(9-14)25-20-23-10-15-8-17(21)2-3-19(15)26-20;1-16-8-11(7-15-16)10-4-9(2-3-13)5-12(14)6-10;9-6-1-2-7-5(3-6)4-11-8(10)12-7;9-7-3-6(1-2-10)4-8(11)5-7;8-6-1-5(4-9)2-7(3-6)10(11)12;8-6-1-5(4-9)2-7(10)3-6/h1,4-5,8-14H,6H2,2H3,(H,24,26,27);2-3,6-12H,4H2,1H3,(H,23,25,26);4-8H,2,14H2,1H3;1-4H;3-5H,1,11H2;1-3H,4H2;1-3H,4,10H2. The smallest absolute Gasteiger partial charge is 0.270 e. The van der Waals surface area contributed by atoms with Gasteiger partial charge < -0.3 is 27.8 Å². The van der Waals surface area contributed by atoms with E-state index in [1.165, 1.54) is 12.1 Å². The van der Waals surface area contributed by atoms with E-state index < -0.39 is 4.92 Å². The van der Waals surface area contributed by atoms with E-state index in [0.29, 0.717) is 59.3 Å². The summed E-state index contributed by atoms with van der Waals surface area (Å²) in [7, 11) is 5.62. The predicted molar refractivity (Wildman–Crippen MR) is 478 cm³/mol. The summed E-state index contributed by atoms with van der Waals surface area (Å²) in [5.74, 6) is 4.38. The van der Waals surface area contributed by atoms with Crippen molar-refractivity contribution in [3.63, 3.8) is 0 Å². The molecule has 15 rings (SSSR count). The third kappa shape index (κ3) is 27.3. The molecule has 15 aromatic rings. The van der Waals surface area contributed by atoms with Gasteiger partial charge in [-0.05, 0) is 213 Å². The molecule has 0 amide bonds. The molecule has 0 aliphatic rings. The quantitative estimate of drug-likeness (QED) is 0.0169. The lowest BCUT2D eigenvalue weighted by atomic mass is 10.0. The molecule has 0 saturated carbocycles. The average molecular weight is 1920 g/mol. The Morgan fingerprint density at radius 1 is 0.431 bits per heavy atom. The van der Waals surface area contributed by atoms with Gasteiger partial charge in [0.1, 0.15) is 0 Å². The Labute approximate surface area is 724 Å². The third-order valence-corrected chi connectivity index (χ3v) is 19.1. The van der Waals surface area contributed by atoms with Crippen molar-refractivity contribution < 1.29 is 4.92 Å². The van der Waals surface area contributed by atoms with Crippen molar-refractivity contribution in [3.05, 3.63) is 296 Å². The van der Waals surface area contributed by atoms with Gasteiger partial charge in [-0.25, -0.2) is 29.9 Å². The van der Waals surface area contributed by atoms with Crippen LogP contribution in [-0.2, 0) is 58.6 Å². The van der Waals surface area contributed by atoms with Gasteiger partial charge in [0.2, 0.25) is 17.2 Å². The first-order valence-corrected chi connectivity index (χ1v) is 39.7. The fourth-order valence-corrected chi connectivity index (χ4v) is 13.8. The maximum atomic E-state index is 10.4. The molecule has 116 heavy (non-hydrogen) atoms. The van der Waals surface area contributed by atoms with Crippen molar-refractivity contribution in [2.75, 3.05) is 27.8 Å². The number of hydrogen-bond donors (Lipinski definition) is 5. The number of nitrogen functional groups attached to an aromatic ring is 3. The molecule has 9 aromatic carbocycles. The van der Waals surface area contributed by atoms with Crippen LogP contribution in [0.2, 0.25) is 5.28 Å². The van der Waals surface area contributed by atoms with Gasteiger partial charge in [0, 0.05) is 171 Å². The van der Waals surface area contributed by atoms with Crippen LogP contribution in [0.5, 0.6) is 0 Å². The second kappa shape index (κ2) is 43.3. The second-order valence-electron chi connectivity index (χ2n) is 25.1. The zero-order chi connectivity index (χ0) is 83.4. The molecule has 8 N–H and O–H groups in total. The first kappa shape index (κ1) is 87.8. The van der Waals surface area contributed by atoms with E-state index in [1.807, 2.05) is 173 Å². The van der Waals surface area contributed by atoms with Gasteiger partial charge >= 0.3 is 0 Å². The summed E-state index contributed by atoms with van der Waals surface area (Å²) in [4.78, 5) is 35.8. The van der Waals surface area contributed by atoms with E-state index in [1.54, 1.807) is 69.4 Å². The van der Waals surface area contributed by atoms with Crippen molar-refractivity contribution in [2.24, 2.45) is 21.1 Å². The molecule has 0 unspecified atom stereocenters. The largest absolute Gasteiger partial charge is 0.399 e. The number of nitro benzene ring substituents is 1. The van der Waals surface area contributed by atoms with Crippen LogP contribution < -0.4 is 27.8 Å². The van der Waals surface area contributed by atoms with E-state index in [0.717, 1.165) is 140 Å². The average Bonchev–Trinajstić information content (AvgIpc) is 0.968. The van der Waals surface area contributed by atoms with Crippen molar-refractivity contribution in [1.82, 2.24) is 59.2 Å². The third-order valence-electron chi connectivity index (χ3n) is 16.0. The Hall–Kier alpha value is -12.2. The number of fused-ring (bicyclic) bond motifs is 3. The van der Waals surface area contributed by atoms with E-state index in [-0.39, 0.29) is 16.9 Å². The van der Waals surface area contributed by atoms with E-state index in [2.05, 4.69) is 166 Å². The van der Waals surface area contributed by atoms with Crippen molar-refractivity contribution in [1.29, 1.82) is 21.0 Å². The number of nitro groups is 1. The summed E-state index contributed by atoms with van der Waals surface area (Å²) < 4.78 is 9.81. The Balaban J connectivity index is 0.000000161. The molecule has 0 aliphatic carbocycles. The molecule has 0 aliphatic heterocycles. The minimum atomic E-state index is -0.444. The molecule has 0 atom stereocenters. The molecular weight excluding hydrogens is 1850 g/mol. The highest BCUT2D eigenvalue weighted by Crippen LogP contribution is 2.31. The van der Waals surface area contributed by atoms with E-state index in [9.17, 15) is 10.1 Å². The zero-order valence-electron chi connectivity index (χ0n) is 61.8.